The molecule has 8 nitrogen and oxygen atoms in total. The average molecular weight is 506 g/mol. The maximum absolute atomic E-state index is 14.0. The number of rotatable bonds is 5. The van der Waals surface area contributed by atoms with Gasteiger partial charge in [-0.3, -0.25) is 20.0 Å². The summed E-state index contributed by atoms with van der Waals surface area (Å²) >= 11 is 0. The smallest absolute Gasteiger partial charge is 0.159 e. The lowest BCUT2D eigenvalue weighted by molar-refractivity contribution is 0.331. The van der Waals surface area contributed by atoms with Crippen molar-refractivity contribution in [3.63, 3.8) is 0 Å². The number of phenolic OH excluding ortho intramolecular Hbond substituents is 1. The van der Waals surface area contributed by atoms with E-state index < -0.39 is 5.82 Å². The lowest BCUT2D eigenvalue weighted by Gasteiger charge is -2.14. The summed E-state index contributed by atoms with van der Waals surface area (Å²) in [6.45, 7) is 3.16. The van der Waals surface area contributed by atoms with Crippen molar-refractivity contribution < 1.29 is 9.50 Å². The van der Waals surface area contributed by atoms with Gasteiger partial charge in [-0.15, -0.1) is 0 Å². The van der Waals surface area contributed by atoms with Crippen LogP contribution < -0.4 is 0 Å². The Labute approximate surface area is 217 Å². The molecule has 2 aromatic carbocycles. The molecular formula is C29H24FN7O. The Morgan fingerprint density at radius 1 is 0.947 bits per heavy atom. The van der Waals surface area contributed by atoms with Crippen LogP contribution >= 0.6 is 0 Å². The number of aromatic hydroxyl groups is 1. The van der Waals surface area contributed by atoms with E-state index in [0.29, 0.717) is 28.2 Å². The minimum absolute atomic E-state index is 0.134. The molecule has 6 aromatic rings. The molecule has 1 aliphatic rings. The minimum atomic E-state index is -0.509. The Morgan fingerprint density at radius 2 is 1.84 bits per heavy atom. The van der Waals surface area contributed by atoms with Gasteiger partial charge in [0.25, 0.3) is 0 Å². The molecule has 0 amide bonds. The number of likely N-dealkylation sites (tertiary alicyclic amines) is 1. The number of hydrogen-bond donors (Lipinski definition) is 3. The third-order valence-electron chi connectivity index (χ3n) is 7.07. The summed E-state index contributed by atoms with van der Waals surface area (Å²) in [5, 5.41) is 18.4. The Hall–Kier alpha value is -4.63. The number of hydrogen-bond acceptors (Lipinski definition) is 6. The molecule has 0 unspecified atom stereocenters. The number of phenols is 1. The predicted octanol–water partition coefficient (Wildman–Crippen LogP) is 5.67. The zero-order valence-electron chi connectivity index (χ0n) is 20.4. The van der Waals surface area contributed by atoms with Crippen molar-refractivity contribution in [1.82, 2.24) is 35.0 Å². The maximum atomic E-state index is 14.0. The van der Waals surface area contributed by atoms with Crippen LogP contribution in [0.1, 0.15) is 18.4 Å². The number of para-hydroxylation sites is 1. The first kappa shape index (κ1) is 22.6. The van der Waals surface area contributed by atoms with Gasteiger partial charge < -0.3 is 10.1 Å². The second kappa shape index (κ2) is 9.04. The molecule has 0 radical (unpaired) electrons. The molecule has 38 heavy (non-hydrogen) atoms. The summed E-state index contributed by atoms with van der Waals surface area (Å²) in [4.78, 5) is 19.8. The van der Waals surface area contributed by atoms with Crippen molar-refractivity contribution in [3.8, 4) is 39.7 Å². The first-order valence-corrected chi connectivity index (χ1v) is 12.6. The normalized spacial score (nSPS) is 14.1. The highest BCUT2D eigenvalue weighted by Crippen LogP contribution is 2.34. The second-order valence-corrected chi connectivity index (χ2v) is 9.74. The zero-order valence-corrected chi connectivity index (χ0v) is 20.4. The molecule has 0 bridgehead atoms. The van der Waals surface area contributed by atoms with Crippen LogP contribution in [0.25, 0.3) is 55.8 Å². The standard InChI is InChI=1S/C29H24FN7O/c30-20-9-18(10-21(38)11-20)22-4-3-5-24-27(22)34-29(33-24)28-23-12-25(32-15-26(23)35-36-28)19-8-17(13-31-14-19)16-37-6-1-2-7-37/h3-5,8-15,38H,1-2,6-7,16H2,(H,33,34)(H,35,36). The lowest BCUT2D eigenvalue weighted by Crippen LogP contribution is -2.18. The second-order valence-electron chi connectivity index (χ2n) is 9.74. The summed E-state index contributed by atoms with van der Waals surface area (Å²) in [6, 6.07) is 13.8. The largest absolute Gasteiger partial charge is 0.508 e. The van der Waals surface area contributed by atoms with E-state index in [1.807, 2.05) is 36.7 Å². The van der Waals surface area contributed by atoms with E-state index in [4.69, 9.17) is 4.98 Å². The third kappa shape index (κ3) is 4.06. The van der Waals surface area contributed by atoms with Crippen LogP contribution in [0, 0.1) is 5.82 Å². The molecule has 1 saturated heterocycles. The van der Waals surface area contributed by atoms with E-state index >= 15 is 0 Å². The summed E-state index contributed by atoms with van der Waals surface area (Å²) in [6.07, 6.45) is 8.04. The molecule has 0 spiro atoms. The molecule has 3 N–H and O–H groups in total. The van der Waals surface area contributed by atoms with Gasteiger partial charge in [-0.1, -0.05) is 12.1 Å². The number of nitrogens with one attached hydrogen (secondary N) is 2. The molecule has 7 rings (SSSR count). The summed E-state index contributed by atoms with van der Waals surface area (Å²) in [5.41, 5.74) is 7.09. The van der Waals surface area contributed by atoms with Gasteiger partial charge in [0.1, 0.15) is 17.3 Å². The van der Waals surface area contributed by atoms with Crippen molar-refractivity contribution in [2.24, 2.45) is 0 Å². The average Bonchev–Trinajstić information content (AvgIpc) is 3.67. The van der Waals surface area contributed by atoms with Gasteiger partial charge >= 0.3 is 0 Å². The van der Waals surface area contributed by atoms with E-state index in [0.717, 1.165) is 53.4 Å². The number of imidazole rings is 1. The molecule has 0 atom stereocenters. The molecule has 1 aliphatic heterocycles. The Morgan fingerprint density at radius 3 is 2.71 bits per heavy atom. The van der Waals surface area contributed by atoms with Gasteiger partial charge in [0, 0.05) is 41.5 Å². The molecule has 188 valence electrons. The highest BCUT2D eigenvalue weighted by molar-refractivity contribution is 5.97. The van der Waals surface area contributed by atoms with Crippen LogP contribution in [-0.4, -0.2) is 53.2 Å². The van der Waals surface area contributed by atoms with Gasteiger partial charge in [0.2, 0.25) is 0 Å². The number of fused-ring (bicyclic) bond motifs is 2. The van der Waals surface area contributed by atoms with Crippen molar-refractivity contribution in [1.29, 1.82) is 0 Å². The Kier molecular flexibility index (Phi) is 5.36. The van der Waals surface area contributed by atoms with Gasteiger partial charge in [-0.25, -0.2) is 9.37 Å². The fraction of sp³-hybridized carbons (Fsp3) is 0.172. The molecule has 9 heteroatoms. The van der Waals surface area contributed by atoms with Crippen molar-refractivity contribution in [2.75, 3.05) is 13.1 Å². The van der Waals surface area contributed by atoms with Crippen LogP contribution in [0.15, 0.2) is 67.1 Å². The quantitative estimate of drug-likeness (QED) is 0.279. The number of benzene rings is 2. The van der Waals surface area contributed by atoms with E-state index in [9.17, 15) is 9.50 Å². The minimum Gasteiger partial charge on any atom is -0.508 e. The summed E-state index contributed by atoms with van der Waals surface area (Å²) < 4.78 is 14.0. The first-order chi connectivity index (χ1) is 18.6. The molecule has 1 fully saturated rings. The zero-order chi connectivity index (χ0) is 25.6. The van der Waals surface area contributed by atoms with Crippen molar-refractivity contribution in [3.05, 3.63) is 78.5 Å². The SMILES string of the molecule is Oc1cc(F)cc(-c2cccc3[nH]c(-c4n[nH]c5cnc(-c6cncc(CN7CCCC7)c6)cc45)nc23)c1. The van der Waals surface area contributed by atoms with Gasteiger partial charge in [-0.05, 0) is 67.4 Å². The van der Waals surface area contributed by atoms with Crippen molar-refractivity contribution >= 4 is 21.9 Å². The summed E-state index contributed by atoms with van der Waals surface area (Å²) in [5.74, 6) is -0.0625. The number of halogens is 1. The van der Waals surface area contributed by atoms with Gasteiger partial charge in [0.15, 0.2) is 5.82 Å². The fourth-order valence-electron chi connectivity index (χ4n) is 5.28. The van der Waals surface area contributed by atoms with Gasteiger partial charge in [0.05, 0.1) is 28.4 Å². The number of nitrogens with zero attached hydrogens (tertiary/aromatic N) is 5. The van der Waals surface area contributed by atoms with Crippen LogP contribution in [0.3, 0.4) is 0 Å². The van der Waals surface area contributed by atoms with E-state index in [-0.39, 0.29) is 5.75 Å². The van der Waals surface area contributed by atoms with E-state index in [1.165, 1.54) is 30.5 Å². The molecule has 4 aromatic heterocycles. The van der Waals surface area contributed by atoms with Gasteiger partial charge in [-0.2, -0.15) is 5.10 Å². The van der Waals surface area contributed by atoms with Crippen LogP contribution in [0.5, 0.6) is 5.75 Å². The Bertz CT molecular complexity index is 1780. The highest BCUT2D eigenvalue weighted by Gasteiger charge is 2.17. The monoisotopic (exact) mass is 505 g/mol. The van der Waals surface area contributed by atoms with E-state index in [2.05, 4.69) is 36.1 Å². The fourth-order valence-corrected chi connectivity index (χ4v) is 5.28. The predicted molar refractivity (Wildman–Crippen MR) is 144 cm³/mol. The summed E-state index contributed by atoms with van der Waals surface area (Å²) in [7, 11) is 0. The maximum Gasteiger partial charge on any atom is 0.159 e. The topological polar surface area (TPSA) is 107 Å². The van der Waals surface area contributed by atoms with E-state index in [1.54, 1.807) is 6.20 Å². The molecular weight excluding hydrogens is 481 g/mol. The highest BCUT2D eigenvalue weighted by atomic mass is 19.1. The van der Waals surface area contributed by atoms with Crippen LogP contribution in [-0.2, 0) is 6.54 Å². The third-order valence-corrected chi connectivity index (χ3v) is 7.07. The first-order valence-electron chi connectivity index (χ1n) is 12.6. The number of H-pyrrole nitrogens is 2. The Balaban J connectivity index is 1.28. The number of aromatic nitrogens is 6. The lowest BCUT2D eigenvalue weighted by atomic mass is 10.0. The molecule has 5 heterocycles. The molecule has 0 saturated carbocycles. The van der Waals surface area contributed by atoms with Crippen LogP contribution in [0.4, 0.5) is 4.39 Å². The molecule has 0 aliphatic carbocycles. The number of pyridine rings is 2. The van der Waals surface area contributed by atoms with Crippen LogP contribution in [0.2, 0.25) is 0 Å². The van der Waals surface area contributed by atoms with Crippen molar-refractivity contribution in [2.45, 2.75) is 19.4 Å². The number of aromatic amines is 2.